The Morgan fingerprint density at radius 1 is 1.53 bits per heavy atom. The first-order valence-corrected chi connectivity index (χ1v) is 5.90. The Morgan fingerprint density at radius 2 is 2.29 bits per heavy atom. The van der Waals surface area contributed by atoms with Crippen LogP contribution in [0.1, 0.15) is 26.0 Å². The smallest absolute Gasteiger partial charge is 0.323 e. The molecule has 0 saturated carbocycles. The molecule has 0 radical (unpaired) electrons. The summed E-state index contributed by atoms with van der Waals surface area (Å²) >= 11 is 0. The lowest BCUT2D eigenvalue weighted by atomic mass is 9.99. The summed E-state index contributed by atoms with van der Waals surface area (Å²) in [4.78, 5) is 15.8. The molecule has 94 valence electrons. The van der Waals surface area contributed by atoms with Crippen molar-refractivity contribution in [2.75, 3.05) is 7.11 Å². The van der Waals surface area contributed by atoms with Crippen molar-refractivity contribution in [2.24, 2.45) is 5.92 Å². The second-order valence-corrected chi connectivity index (χ2v) is 4.09. The summed E-state index contributed by atoms with van der Waals surface area (Å²) in [5.74, 6) is 0.0291. The Hall–Kier alpha value is -1.42. The van der Waals surface area contributed by atoms with E-state index in [0.717, 1.165) is 12.1 Å². The number of rotatable bonds is 6. The molecule has 0 fully saturated rings. The fourth-order valence-corrected chi connectivity index (χ4v) is 1.60. The maximum Gasteiger partial charge on any atom is 0.323 e. The highest BCUT2D eigenvalue weighted by Crippen LogP contribution is 2.09. The number of carbonyl (C=O) groups is 1. The average molecular weight is 236 g/mol. The van der Waals surface area contributed by atoms with Gasteiger partial charge >= 0.3 is 5.97 Å². The van der Waals surface area contributed by atoms with Crippen molar-refractivity contribution in [2.45, 2.75) is 32.9 Å². The van der Waals surface area contributed by atoms with E-state index in [4.69, 9.17) is 4.74 Å². The second-order valence-electron chi connectivity index (χ2n) is 4.09. The number of hydrogen-bond donors (Lipinski definition) is 1. The summed E-state index contributed by atoms with van der Waals surface area (Å²) in [6.45, 7) is 4.67. The number of ether oxygens (including phenoxy) is 1. The third kappa shape index (κ3) is 4.15. The van der Waals surface area contributed by atoms with Crippen LogP contribution in [0.4, 0.5) is 0 Å². The molecule has 0 saturated heterocycles. The van der Waals surface area contributed by atoms with Gasteiger partial charge in [0.05, 0.1) is 12.8 Å². The SMILES string of the molecule is CCC(C)C(NCc1ccccn1)C(=O)OC. The number of hydrogen-bond acceptors (Lipinski definition) is 4. The summed E-state index contributed by atoms with van der Waals surface area (Å²) in [7, 11) is 1.42. The summed E-state index contributed by atoms with van der Waals surface area (Å²) in [6, 6.07) is 5.46. The lowest BCUT2D eigenvalue weighted by molar-refractivity contribution is -0.144. The van der Waals surface area contributed by atoms with Crippen LogP contribution in [0.25, 0.3) is 0 Å². The fourth-order valence-electron chi connectivity index (χ4n) is 1.60. The number of aromatic nitrogens is 1. The van der Waals surface area contributed by atoms with E-state index in [0.29, 0.717) is 6.54 Å². The van der Waals surface area contributed by atoms with Crippen molar-refractivity contribution in [1.82, 2.24) is 10.3 Å². The zero-order chi connectivity index (χ0) is 12.7. The Labute approximate surface area is 102 Å². The zero-order valence-electron chi connectivity index (χ0n) is 10.6. The van der Waals surface area contributed by atoms with Crippen LogP contribution in [-0.2, 0) is 16.1 Å². The van der Waals surface area contributed by atoms with E-state index < -0.39 is 0 Å². The van der Waals surface area contributed by atoms with Gasteiger partial charge in [0.2, 0.25) is 0 Å². The zero-order valence-corrected chi connectivity index (χ0v) is 10.6. The maximum atomic E-state index is 11.6. The van der Waals surface area contributed by atoms with E-state index in [1.54, 1.807) is 6.20 Å². The molecule has 2 unspecified atom stereocenters. The largest absolute Gasteiger partial charge is 0.468 e. The van der Waals surface area contributed by atoms with Crippen LogP contribution in [0.3, 0.4) is 0 Å². The van der Waals surface area contributed by atoms with Crippen molar-refractivity contribution >= 4 is 5.97 Å². The van der Waals surface area contributed by atoms with Gasteiger partial charge in [-0.1, -0.05) is 26.3 Å². The normalized spacial score (nSPS) is 14.1. The molecule has 0 aliphatic rings. The summed E-state index contributed by atoms with van der Waals surface area (Å²) in [5.41, 5.74) is 0.921. The van der Waals surface area contributed by atoms with Crippen LogP contribution in [0.2, 0.25) is 0 Å². The Balaban J connectivity index is 2.58. The van der Waals surface area contributed by atoms with Crippen molar-refractivity contribution in [1.29, 1.82) is 0 Å². The molecule has 17 heavy (non-hydrogen) atoms. The first kappa shape index (κ1) is 13.6. The number of nitrogens with one attached hydrogen (secondary N) is 1. The summed E-state index contributed by atoms with van der Waals surface area (Å²) in [6.07, 6.45) is 2.67. The molecule has 1 aromatic rings. The number of methoxy groups -OCH3 is 1. The molecular weight excluding hydrogens is 216 g/mol. The average Bonchev–Trinajstić information content (AvgIpc) is 2.39. The molecule has 1 rings (SSSR count). The van der Waals surface area contributed by atoms with Gasteiger partial charge < -0.3 is 4.74 Å². The standard InChI is InChI=1S/C13H20N2O2/c1-4-10(2)12(13(16)17-3)15-9-11-7-5-6-8-14-11/h5-8,10,12,15H,4,9H2,1-3H3. The predicted molar refractivity (Wildman–Crippen MR) is 66.3 cm³/mol. The van der Waals surface area contributed by atoms with Crippen molar-refractivity contribution < 1.29 is 9.53 Å². The minimum absolute atomic E-state index is 0.213. The predicted octanol–water partition coefficient (Wildman–Crippen LogP) is 1.76. The fraction of sp³-hybridized carbons (Fsp3) is 0.538. The highest BCUT2D eigenvalue weighted by molar-refractivity contribution is 5.75. The molecule has 1 heterocycles. The molecule has 1 N–H and O–H groups in total. The third-order valence-corrected chi connectivity index (χ3v) is 2.90. The molecule has 1 aromatic heterocycles. The van der Waals surface area contributed by atoms with E-state index in [-0.39, 0.29) is 17.9 Å². The molecule has 0 aliphatic heterocycles. The van der Waals surface area contributed by atoms with Gasteiger partial charge in [-0.15, -0.1) is 0 Å². The minimum atomic E-state index is -0.271. The van der Waals surface area contributed by atoms with E-state index >= 15 is 0 Å². The number of pyridine rings is 1. The van der Waals surface area contributed by atoms with Crippen LogP contribution >= 0.6 is 0 Å². The number of carbonyl (C=O) groups excluding carboxylic acids is 1. The molecule has 0 amide bonds. The van der Waals surface area contributed by atoms with Crippen molar-refractivity contribution in [3.63, 3.8) is 0 Å². The quantitative estimate of drug-likeness (QED) is 0.765. The first-order chi connectivity index (χ1) is 8.19. The van der Waals surface area contributed by atoms with Crippen LogP contribution < -0.4 is 5.32 Å². The Bertz CT molecular complexity index is 341. The molecule has 0 spiro atoms. The number of nitrogens with zero attached hydrogens (tertiary/aromatic N) is 1. The molecule has 2 atom stereocenters. The van der Waals surface area contributed by atoms with Crippen molar-refractivity contribution in [3.05, 3.63) is 30.1 Å². The van der Waals surface area contributed by atoms with Gasteiger partial charge in [0.1, 0.15) is 6.04 Å². The monoisotopic (exact) mass is 236 g/mol. The summed E-state index contributed by atoms with van der Waals surface area (Å²) in [5, 5.41) is 3.20. The maximum absolute atomic E-state index is 11.6. The van der Waals surface area contributed by atoms with Gasteiger partial charge in [0.15, 0.2) is 0 Å². The van der Waals surface area contributed by atoms with E-state index in [1.807, 2.05) is 25.1 Å². The second kappa shape index (κ2) is 7.01. The third-order valence-electron chi connectivity index (χ3n) is 2.90. The molecule has 0 aliphatic carbocycles. The molecule has 0 bridgehead atoms. The summed E-state index contributed by atoms with van der Waals surface area (Å²) < 4.78 is 4.80. The number of esters is 1. The van der Waals surface area contributed by atoms with Gasteiger partial charge in [-0.3, -0.25) is 15.1 Å². The van der Waals surface area contributed by atoms with Gasteiger partial charge in [-0.2, -0.15) is 0 Å². The van der Waals surface area contributed by atoms with Crippen LogP contribution in [0, 0.1) is 5.92 Å². The van der Waals surface area contributed by atoms with Crippen LogP contribution in [-0.4, -0.2) is 24.1 Å². The van der Waals surface area contributed by atoms with Gasteiger partial charge in [-0.25, -0.2) is 0 Å². The van der Waals surface area contributed by atoms with Crippen molar-refractivity contribution in [3.8, 4) is 0 Å². The molecule has 4 nitrogen and oxygen atoms in total. The molecular formula is C13H20N2O2. The minimum Gasteiger partial charge on any atom is -0.468 e. The highest BCUT2D eigenvalue weighted by Gasteiger charge is 2.24. The lowest BCUT2D eigenvalue weighted by Crippen LogP contribution is -2.42. The van der Waals surface area contributed by atoms with E-state index in [1.165, 1.54) is 7.11 Å². The highest BCUT2D eigenvalue weighted by atomic mass is 16.5. The van der Waals surface area contributed by atoms with Crippen LogP contribution in [0.15, 0.2) is 24.4 Å². The Morgan fingerprint density at radius 3 is 2.82 bits per heavy atom. The molecule has 0 aromatic carbocycles. The topological polar surface area (TPSA) is 51.2 Å². The van der Waals surface area contributed by atoms with E-state index in [2.05, 4.69) is 17.2 Å². The van der Waals surface area contributed by atoms with Crippen LogP contribution in [0.5, 0.6) is 0 Å². The molecule has 4 heteroatoms. The Kier molecular flexibility index (Phi) is 5.63. The van der Waals surface area contributed by atoms with Gasteiger partial charge in [0.25, 0.3) is 0 Å². The van der Waals surface area contributed by atoms with Gasteiger partial charge in [0, 0.05) is 12.7 Å². The first-order valence-electron chi connectivity index (χ1n) is 5.90. The van der Waals surface area contributed by atoms with Gasteiger partial charge in [-0.05, 0) is 18.1 Å². The lowest BCUT2D eigenvalue weighted by Gasteiger charge is -2.21. The van der Waals surface area contributed by atoms with E-state index in [9.17, 15) is 4.79 Å².